The van der Waals surface area contributed by atoms with E-state index in [-0.39, 0.29) is 25.3 Å². The fourth-order valence-electron chi connectivity index (χ4n) is 5.88. The van der Waals surface area contributed by atoms with Crippen molar-refractivity contribution in [3.63, 3.8) is 0 Å². The van der Waals surface area contributed by atoms with Crippen LogP contribution in [0.5, 0.6) is 11.5 Å². The number of anilines is 1. The van der Waals surface area contributed by atoms with Gasteiger partial charge in [0.05, 0.1) is 26.1 Å². The summed E-state index contributed by atoms with van der Waals surface area (Å²) in [5.74, 6) is -2.46. The molecule has 0 aliphatic carbocycles. The SMILES string of the molecule is COc1ccc(CCN2C(=O)[C@H]3[C@H](CCC(N)=O)N[C@@]4(C(=O)Nc5ccc(Cl)cc54)[C@@H]3C2=O)cc1OC. The van der Waals surface area contributed by atoms with Gasteiger partial charge in [0.15, 0.2) is 11.5 Å². The van der Waals surface area contributed by atoms with Crippen molar-refractivity contribution in [2.75, 3.05) is 26.1 Å². The average Bonchev–Trinajstić information content (AvgIpc) is 3.45. The van der Waals surface area contributed by atoms with Gasteiger partial charge in [-0.2, -0.15) is 0 Å². The van der Waals surface area contributed by atoms with Crippen molar-refractivity contribution in [2.45, 2.75) is 30.8 Å². The first-order chi connectivity index (χ1) is 17.7. The molecule has 4 N–H and O–H groups in total. The minimum atomic E-state index is -1.47. The number of rotatable bonds is 8. The molecule has 3 aliphatic heterocycles. The molecule has 2 saturated heterocycles. The number of nitrogens with one attached hydrogen (secondary N) is 2. The minimum absolute atomic E-state index is 0.00804. The van der Waals surface area contributed by atoms with E-state index in [1.807, 2.05) is 6.07 Å². The van der Waals surface area contributed by atoms with Crippen LogP contribution in [0.15, 0.2) is 36.4 Å². The molecular formula is C26H27ClN4O6. The zero-order chi connectivity index (χ0) is 26.5. The number of ether oxygens (including phenoxy) is 2. The highest BCUT2D eigenvalue weighted by Crippen LogP contribution is 2.53. The number of carbonyl (C=O) groups excluding carboxylic acids is 4. The first-order valence-electron chi connectivity index (χ1n) is 11.9. The van der Waals surface area contributed by atoms with Crippen molar-refractivity contribution in [3.05, 3.63) is 52.5 Å². The first kappa shape index (κ1) is 25.0. The van der Waals surface area contributed by atoms with Crippen molar-refractivity contribution in [1.29, 1.82) is 0 Å². The molecule has 0 bridgehead atoms. The summed E-state index contributed by atoms with van der Waals surface area (Å²) in [5, 5.41) is 6.49. The van der Waals surface area contributed by atoms with E-state index < -0.39 is 41.1 Å². The number of amides is 4. The predicted octanol–water partition coefficient (Wildman–Crippen LogP) is 1.59. The molecule has 4 amide bonds. The van der Waals surface area contributed by atoms with Crippen LogP contribution in [0.4, 0.5) is 5.69 Å². The van der Waals surface area contributed by atoms with E-state index in [1.165, 1.54) is 12.0 Å². The van der Waals surface area contributed by atoms with E-state index >= 15 is 0 Å². The number of primary amides is 1. The summed E-state index contributed by atoms with van der Waals surface area (Å²) in [4.78, 5) is 53.7. The summed E-state index contributed by atoms with van der Waals surface area (Å²) in [7, 11) is 3.08. The van der Waals surface area contributed by atoms with E-state index in [4.69, 9.17) is 26.8 Å². The van der Waals surface area contributed by atoms with Crippen molar-refractivity contribution < 1.29 is 28.7 Å². The number of carbonyl (C=O) groups is 4. The molecule has 3 aliphatic rings. The van der Waals surface area contributed by atoms with Crippen LogP contribution in [0.1, 0.15) is 24.0 Å². The summed E-state index contributed by atoms with van der Waals surface area (Å²) < 4.78 is 10.6. The first-order valence-corrected chi connectivity index (χ1v) is 12.3. The number of benzene rings is 2. The number of imide groups is 1. The van der Waals surface area contributed by atoms with Gasteiger partial charge in [0.1, 0.15) is 5.54 Å². The second-order valence-electron chi connectivity index (χ2n) is 9.48. The summed E-state index contributed by atoms with van der Waals surface area (Å²) in [6, 6.07) is 9.76. The number of hydrogen-bond acceptors (Lipinski definition) is 7. The molecule has 3 heterocycles. The molecule has 0 unspecified atom stereocenters. The van der Waals surface area contributed by atoms with Crippen molar-refractivity contribution in [2.24, 2.45) is 17.6 Å². The van der Waals surface area contributed by atoms with Gasteiger partial charge >= 0.3 is 0 Å². The van der Waals surface area contributed by atoms with Gasteiger partial charge in [0, 0.05) is 35.3 Å². The summed E-state index contributed by atoms with van der Waals surface area (Å²) in [6.07, 6.45) is 0.607. The lowest BCUT2D eigenvalue weighted by atomic mass is 9.76. The number of fused-ring (bicyclic) bond motifs is 4. The van der Waals surface area contributed by atoms with Gasteiger partial charge in [-0.15, -0.1) is 0 Å². The quantitative estimate of drug-likeness (QED) is 0.444. The molecule has 10 nitrogen and oxygen atoms in total. The smallest absolute Gasteiger partial charge is 0.250 e. The Kier molecular flexibility index (Phi) is 6.33. The predicted molar refractivity (Wildman–Crippen MR) is 134 cm³/mol. The molecule has 2 aromatic carbocycles. The maximum Gasteiger partial charge on any atom is 0.250 e. The average molecular weight is 527 g/mol. The fourth-order valence-corrected chi connectivity index (χ4v) is 6.05. The van der Waals surface area contributed by atoms with Crippen LogP contribution in [0, 0.1) is 11.8 Å². The Labute approximate surface area is 218 Å². The molecule has 194 valence electrons. The maximum atomic E-state index is 13.8. The summed E-state index contributed by atoms with van der Waals surface area (Å²) in [6.45, 7) is 0.128. The largest absolute Gasteiger partial charge is 0.493 e. The Morgan fingerprint density at radius 3 is 2.54 bits per heavy atom. The maximum absolute atomic E-state index is 13.8. The lowest BCUT2D eigenvalue weighted by Gasteiger charge is -2.29. The van der Waals surface area contributed by atoms with E-state index in [2.05, 4.69) is 10.6 Å². The topological polar surface area (TPSA) is 140 Å². The highest BCUT2D eigenvalue weighted by molar-refractivity contribution is 6.31. The molecule has 2 fully saturated rings. The molecule has 0 radical (unpaired) electrons. The molecule has 37 heavy (non-hydrogen) atoms. The molecule has 11 heteroatoms. The number of nitrogens with two attached hydrogens (primary N) is 1. The Morgan fingerprint density at radius 2 is 1.84 bits per heavy atom. The Morgan fingerprint density at radius 1 is 1.08 bits per heavy atom. The third kappa shape index (κ3) is 3.91. The Balaban J connectivity index is 1.48. The zero-order valence-electron chi connectivity index (χ0n) is 20.4. The van der Waals surface area contributed by atoms with Crippen LogP contribution < -0.4 is 25.8 Å². The van der Waals surface area contributed by atoms with Gasteiger partial charge < -0.3 is 20.5 Å². The molecule has 5 rings (SSSR count). The number of halogens is 1. The van der Waals surface area contributed by atoms with Crippen LogP contribution in [0.3, 0.4) is 0 Å². The lowest BCUT2D eigenvalue weighted by Crippen LogP contribution is -2.53. The van der Waals surface area contributed by atoms with Crippen molar-refractivity contribution in [1.82, 2.24) is 10.2 Å². The third-order valence-electron chi connectivity index (χ3n) is 7.54. The van der Waals surface area contributed by atoms with Crippen molar-refractivity contribution in [3.8, 4) is 11.5 Å². The highest BCUT2D eigenvalue weighted by atomic mass is 35.5. The van der Waals surface area contributed by atoms with E-state index in [0.29, 0.717) is 34.2 Å². The fraction of sp³-hybridized carbons (Fsp3) is 0.385. The summed E-state index contributed by atoms with van der Waals surface area (Å²) >= 11 is 6.26. The molecule has 1 spiro atoms. The third-order valence-corrected chi connectivity index (χ3v) is 7.78. The van der Waals surface area contributed by atoms with Crippen LogP contribution in [-0.2, 0) is 31.1 Å². The van der Waals surface area contributed by atoms with Crippen LogP contribution in [0.2, 0.25) is 5.02 Å². The second kappa shape index (κ2) is 9.35. The van der Waals surface area contributed by atoms with Gasteiger partial charge in [-0.1, -0.05) is 17.7 Å². The van der Waals surface area contributed by atoms with Gasteiger partial charge in [0.2, 0.25) is 23.6 Å². The summed E-state index contributed by atoms with van der Waals surface area (Å²) in [5.41, 5.74) is 5.80. The van der Waals surface area contributed by atoms with E-state index in [1.54, 1.807) is 37.4 Å². The molecule has 0 aromatic heterocycles. The lowest BCUT2D eigenvalue weighted by molar-refractivity contribution is -0.142. The standard InChI is InChI=1S/C26H27ClN4O6/c1-36-18-7-3-13(11-19(18)37-2)9-10-31-23(33)21-17(6-8-20(28)32)30-26(22(21)24(31)34)15-12-14(27)4-5-16(15)29-25(26)35/h3-5,7,11-12,17,21-22,30H,6,8-10H2,1-2H3,(H2,28,32)(H,29,35)/t17-,21-,22-,26+/m0/s1. The van der Waals surface area contributed by atoms with E-state index in [0.717, 1.165) is 5.56 Å². The number of hydrogen-bond donors (Lipinski definition) is 3. The second-order valence-corrected chi connectivity index (χ2v) is 9.92. The van der Waals surface area contributed by atoms with Crippen LogP contribution in [0.25, 0.3) is 0 Å². The Bertz CT molecular complexity index is 1320. The van der Waals surface area contributed by atoms with Crippen LogP contribution >= 0.6 is 11.6 Å². The number of nitrogens with zero attached hydrogens (tertiary/aromatic N) is 1. The normalized spacial score (nSPS) is 25.9. The number of likely N-dealkylation sites (tertiary alicyclic amines) is 1. The molecule has 4 atom stereocenters. The van der Waals surface area contributed by atoms with Gasteiger partial charge in [-0.25, -0.2) is 0 Å². The van der Waals surface area contributed by atoms with Gasteiger partial charge in [-0.05, 0) is 48.7 Å². The van der Waals surface area contributed by atoms with Crippen molar-refractivity contribution >= 4 is 40.9 Å². The molecule has 2 aromatic rings. The highest BCUT2D eigenvalue weighted by Gasteiger charge is 2.70. The van der Waals surface area contributed by atoms with Gasteiger partial charge in [0.25, 0.3) is 0 Å². The van der Waals surface area contributed by atoms with Gasteiger partial charge in [-0.3, -0.25) is 29.4 Å². The molecule has 0 saturated carbocycles. The molecular weight excluding hydrogens is 500 g/mol. The minimum Gasteiger partial charge on any atom is -0.493 e. The van der Waals surface area contributed by atoms with E-state index in [9.17, 15) is 19.2 Å². The van der Waals surface area contributed by atoms with Crippen LogP contribution in [-0.4, -0.2) is 55.3 Å². The number of methoxy groups -OCH3 is 2. The monoisotopic (exact) mass is 526 g/mol. The zero-order valence-corrected chi connectivity index (χ0v) is 21.1. The Hall–Kier alpha value is -3.63.